The van der Waals surface area contributed by atoms with Crippen molar-refractivity contribution in [1.29, 1.82) is 0 Å². The maximum absolute atomic E-state index is 12.7. The molecule has 0 atom stereocenters. The maximum Gasteiger partial charge on any atom is 0.270 e. The average Bonchev–Trinajstić information content (AvgIpc) is 3.28. The maximum atomic E-state index is 12.7. The summed E-state index contributed by atoms with van der Waals surface area (Å²) >= 11 is 0. The summed E-state index contributed by atoms with van der Waals surface area (Å²) in [5.74, 6) is 1.24. The van der Waals surface area contributed by atoms with Crippen LogP contribution in [0.3, 0.4) is 0 Å². The molecule has 1 fully saturated rings. The predicted molar refractivity (Wildman–Crippen MR) is 91.8 cm³/mol. The summed E-state index contributed by atoms with van der Waals surface area (Å²) in [7, 11) is 1.92. The third-order valence-electron chi connectivity index (χ3n) is 5.25. The minimum atomic E-state index is 0.120. The number of aromatic nitrogens is 3. The summed E-state index contributed by atoms with van der Waals surface area (Å²) in [5.41, 5.74) is 2.05. The van der Waals surface area contributed by atoms with Crippen LogP contribution in [0.4, 0.5) is 0 Å². The Balaban J connectivity index is 1.47. The van der Waals surface area contributed by atoms with E-state index < -0.39 is 0 Å². The second kappa shape index (κ2) is 6.43. The molecule has 0 radical (unpaired) electrons. The molecule has 6 heteroatoms. The lowest BCUT2D eigenvalue weighted by molar-refractivity contribution is 0.0749. The fourth-order valence-corrected chi connectivity index (χ4v) is 3.84. The third kappa shape index (κ3) is 2.86. The van der Waals surface area contributed by atoms with E-state index in [9.17, 15) is 4.79 Å². The molecule has 4 rings (SSSR count). The second-order valence-electron chi connectivity index (χ2n) is 6.85. The minimum absolute atomic E-state index is 0.120. The lowest BCUT2D eigenvalue weighted by atomic mass is 10.3. The van der Waals surface area contributed by atoms with Crippen LogP contribution >= 0.6 is 0 Å². The van der Waals surface area contributed by atoms with Crippen molar-refractivity contribution in [3.63, 3.8) is 0 Å². The topological polar surface area (TPSA) is 46.3 Å². The Morgan fingerprint density at radius 2 is 2.00 bits per heavy atom. The molecule has 0 saturated carbocycles. The first-order chi connectivity index (χ1) is 11.7. The van der Waals surface area contributed by atoms with E-state index in [1.165, 1.54) is 31.6 Å². The van der Waals surface area contributed by atoms with E-state index in [0.29, 0.717) is 0 Å². The molecule has 4 heterocycles. The molecule has 128 valence electrons. The zero-order chi connectivity index (χ0) is 16.5. The third-order valence-corrected chi connectivity index (χ3v) is 5.25. The van der Waals surface area contributed by atoms with Crippen molar-refractivity contribution in [3.8, 4) is 0 Å². The smallest absolute Gasteiger partial charge is 0.270 e. The molecule has 0 spiro atoms. The molecular formula is C18H25N5O. The highest BCUT2D eigenvalue weighted by Crippen LogP contribution is 2.17. The van der Waals surface area contributed by atoms with Gasteiger partial charge in [0.2, 0.25) is 0 Å². The number of likely N-dealkylation sites (tertiary alicyclic amines) is 1. The summed E-state index contributed by atoms with van der Waals surface area (Å²) in [6.07, 6.45) is 7.39. The molecule has 0 aliphatic carbocycles. The Morgan fingerprint density at radius 3 is 2.75 bits per heavy atom. The molecule has 1 amide bonds. The Labute approximate surface area is 142 Å². The molecular weight excluding hydrogens is 302 g/mol. The Morgan fingerprint density at radius 1 is 1.17 bits per heavy atom. The van der Waals surface area contributed by atoms with Crippen LogP contribution in [0.5, 0.6) is 0 Å². The van der Waals surface area contributed by atoms with E-state index in [4.69, 9.17) is 0 Å². The van der Waals surface area contributed by atoms with Gasteiger partial charge in [0.05, 0.1) is 5.69 Å². The quantitative estimate of drug-likeness (QED) is 0.859. The van der Waals surface area contributed by atoms with Crippen LogP contribution in [0, 0.1) is 0 Å². The van der Waals surface area contributed by atoms with E-state index in [1.807, 2.05) is 41.0 Å². The molecule has 2 aliphatic rings. The van der Waals surface area contributed by atoms with Crippen LogP contribution in [0.2, 0.25) is 0 Å². The van der Waals surface area contributed by atoms with Gasteiger partial charge in [0.1, 0.15) is 11.5 Å². The number of imidazole rings is 1. The van der Waals surface area contributed by atoms with E-state index in [-0.39, 0.29) is 5.91 Å². The van der Waals surface area contributed by atoms with Gasteiger partial charge in [-0.1, -0.05) is 0 Å². The molecule has 2 aromatic heterocycles. The van der Waals surface area contributed by atoms with Crippen molar-refractivity contribution in [2.45, 2.75) is 32.4 Å². The predicted octanol–water partition coefficient (Wildman–Crippen LogP) is 1.52. The van der Waals surface area contributed by atoms with Gasteiger partial charge in [0.25, 0.3) is 5.91 Å². The van der Waals surface area contributed by atoms with Crippen molar-refractivity contribution in [1.82, 2.24) is 23.9 Å². The van der Waals surface area contributed by atoms with E-state index in [1.54, 1.807) is 0 Å². The highest BCUT2D eigenvalue weighted by molar-refractivity contribution is 5.92. The molecule has 0 unspecified atom stereocenters. The SMILES string of the molecule is Cn1cccc1C(=O)N1CCc2ncc(CN3CCCC3)n2CC1. The van der Waals surface area contributed by atoms with E-state index in [0.717, 1.165) is 44.1 Å². The van der Waals surface area contributed by atoms with Crippen molar-refractivity contribution >= 4 is 5.91 Å². The monoisotopic (exact) mass is 327 g/mol. The first kappa shape index (κ1) is 15.4. The van der Waals surface area contributed by atoms with Crippen LogP contribution in [-0.2, 0) is 26.6 Å². The number of rotatable bonds is 3. The molecule has 0 N–H and O–H groups in total. The van der Waals surface area contributed by atoms with Gasteiger partial charge >= 0.3 is 0 Å². The molecule has 2 aromatic rings. The molecule has 24 heavy (non-hydrogen) atoms. The number of aryl methyl sites for hydroxylation is 1. The first-order valence-electron chi connectivity index (χ1n) is 8.88. The second-order valence-corrected chi connectivity index (χ2v) is 6.85. The highest BCUT2D eigenvalue weighted by atomic mass is 16.2. The fourth-order valence-electron chi connectivity index (χ4n) is 3.84. The van der Waals surface area contributed by atoms with Gasteiger partial charge in [0, 0.05) is 52.0 Å². The number of fused-ring (bicyclic) bond motifs is 1. The summed E-state index contributed by atoms with van der Waals surface area (Å²) in [6, 6.07) is 3.81. The average molecular weight is 327 g/mol. The van der Waals surface area contributed by atoms with Crippen molar-refractivity contribution < 1.29 is 4.79 Å². The number of carbonyl (C=O) groups is 1. The van der Waals surface area contributed by atoms with Crippen LogP contribution in [-0.4, -0.2) is 56.0 Å². The van der Waals surface area contributed by atoms with Crippen molar-refractivity contribution in [2.75, 3.05) is 26.2 Å². The summed E-state index contributed by atoms with van der Waals surface area (Å²) in [5, 5.41) is 0. The molecule has 6 nitrogen and oxygen atoms in total. The van der Waals surface area contributed by atoms with Crippen LogP contribution < -0.4 is 0 Å². The van der Waals surface area contributed by atoms with Gasteiger partial charge in [-0.05, 0) is 38.1 Å². The summed E-state index contributed by atoms with van der Waals surface area (Å²) in [6.45, 7) is 5.70. The van der Waals surface area contributed by atoms with Crippen LogP contribution in [0.1, 0.15) is 34.8 Å². The minimum Gasteiger partial charge on any atom is -0.347 e. The lowest BCUT2D eigenvalue weighted by Crippen LogP contribution is -2.34. The van der Waals surface area contributed by atoms with Gasteiger partial charge in [-0.25, -0.2) is 4.98 Å². The highest BCUT2D eigenvalue weighted by Gasteiger charge is 2.23. The number of nitrogens with zero attached hydrogens (tertiary/aromatic N) is 5. The van der Waals surface area contributed by atoms with Crippen molar-refractivity contribution in [3.05, 3.63) is 41.7 Å². The largest absolute Gasteiger partial charge is 0.347 e. The number of hydrogen-bond acceptors (Lipinski definition) is 3. The van der Waals surface area contributed by atoms with Crippen LogP contribution in [0.25, 0.3) is 0 Å². The zero-order valence-corrected chi connectivity index (χ0v) is 14.3. The molecule has 0 bridgehead atoms. The number of hydrogen-bond donors (Lipinski definition) is 0. The standard InChI is InChI=1S/C18H25N5O/c1-20-7-4-5-16(20)18(24)22-10-6-17-19-13-15(23(17)12-11-22)14-21-8-2-3-9-21/h4-5,7,13H,2-3,6,8-12,14H2,1H3. The van der Waals surface area contributed by atoms with Crippen LogP contribution in [0.15, 0.2) is 24.5 Å². The summed E-state index contributed by atoms with van der Waals surface area (Å²) < 4.78 is 4.22. The Kier molecular flexibility index (Phi) is 4.14. The molecule has 1 saturated heterocycles. The Bertz CT molecular complexity index is 726. The molecule has 0 aromatic carbocycles. The zero-order valence-electron chi connectivity index (χ0n) is 14.3. The lowest BCUT2D eigenvalue weighted by Gasteiger charge is -2.21. The fraction of sp³-hybridized carbons (Fsp3) is 0.556. The van der Waals surface area contributed by atoms with Gasteiger partial charge < -0.3 is 14.0 Å². The van der Waals surface area contributed by atoms with Gasteiger partial charge in [0.15, 0.2) is 0 Å². The number of carbonyl (C=O) groups excluding carboxylic acids is 1. The normalized spacial score (nSPS) is 18.6. The van der Waals surface area contributed by atoms with Gasteiger partial charge in [-0.15, -0.1) is 0 Å². The molecule has 2 aliphatic heterocycles. The van der Waals surface area contributed by atoms with E-state index >= 15 is 0 Å². The first-order valence-corrected chi connectivity index (χ1v) is 8.88. The van der Waals surface area contributed by atoms with Gasteiger partial charge in [-0.2, -0.15) is 0 Å². The van der Waals surface area contributed by atoms with Crippen molar-refractivity contribution in [2.24, 2.45) is 7.05 Å². The van der Waals surface area contributed by atoms with E-state index in [2.05, 4.69) is 14.5 Å². The van der Waals surface area contributed by atoms with Gasteiger partial charge in [-0.3, -0.25) is 9.69 Å². The number of amides is 1. The summed E-state index contributed by atoms with van der Waals surface area (Å²) in [4.78, 5) is 21.8. The Hall–Kier alpha value is -2.08.